The van der Waals surface area contributed by atoms with Crippen molar-refractivity contribution in [1.29, 1.82) is 0 Å². The number of hydrogen-bond donors (Lipinski definition) is 2. The Bertz CT molecular complexity index is 1140. The highest BCUT2D eigenvalue weighted by Crippen LogP contribution is 2.65. The molecule has 176 valence electrons. The molecule has 0 radical (unpaired) electrons. The van der Waals surface area contributed by atoms with Gasteiger partial charge in [-0.05, 0) is 76.6 Å². The summed E-state index contributed by atoms with van der Waals surface area (Å²) >= 11 is 3.28. The van der Waals surface area contributed by atoms with Gasteiger partial charge in [0.1, 0.15) is 4.47 Å². The molecule has 6 rings (SSSR count). The largest absolute Gasteiger partial charge is 0.404 e. The van der Waals surface area contributed by atoms with Crippen LogP contribution in [0, 0.1) is 27.4 Å². The maximum absolute atomic E-state index is 13.2. The van der Waals surface area contributed by atoms with Crippen LogP contribution in [0.25, 0.3) is 0 Å². The normalized spacial score (nSPS) is 29.8. The zero-order valence-corrected chi connectivity index (χ0v) is 20.1. The lowest BCUT2D eigenvalue weighted by atomic mass is 9.46. The van der Waals surface area contributed by atoms with Gasteiger partial charge >= 0.3 is 5.82 Å². The number of nitrogens with zero attached hydrogens (tertiary/aromatic N) is 5. The third-order valence-corrected chi connectivity index (χ3v) is 8.10. The summed E-state index contributed by atoms with van der Waals surface area (Å²) in [5.41, 5.74) is 0.0939. The van der Waals surface area contributed by atoms with Gasteiger partial charge in [-0.15, -0.1) is 0 Å². The molecule has 0 saturated heterocycles. The third-order valence-electron chi connectivity index (χ3n) is 7.54. The van der Waals surface area contributed by atoms with Crippen LogP contribution >= 0.6 is 15.9 Å². The predicted molar refractivity (Wildman–Crippen MR) is 122 cm³/mol. The van der Waals surface area contributed by atoms with Gasteiger partial charge in [0.25, 0.3) is 5.91 Å². The number of nitro groups is 1. The Kier molecular flexibility index (Phi) is 5.11. The zero-order chi connectivity index (χ0) is 23.5. The first kappa shape index (κ1) is 22.1. The molecule has 2 aromatic heterocycles. The van der Waals surface area contributed by atoms with Crippen molar-refractivity contribution in [1.82, 2.24) is 24.9 Å². The minimum absolute atomic E-state index is 0.141. The Morgan fingerprint density at radius 2 is 1.94 bits per heavy atom. The highest BCUT2D eigenvalue weighted by Gasteiger charge is 2.60. The quantitative estimate of drug-likeness (QED) is 0.444. The number of halogens is 1. The Hall–Kier alpha value is -2.76. The average Bonchev–Trinajstić information content (AvgIpc) is 3.28. The summed E-state index contributed by atoms with van der Waals surface area (Å²) in [5.74, 6) is 0.279. The predicted octanol–water partition coefficient (Wildman–Crippen LogP) is 2.97. The molecular weight excluding hydrogens is 494 g/mol. The number of carbonyl (C=O) groups is 2. The molecule has 0 aliphatic heterocycles. The van der Waals surface area contributed by atoms with Crippen LogP contribution in [-0.4, -0.2) is 43.3 Å². The highest BCUT2D eigenvalue weighted by molar-refractivity contribution is 9.10. The molecular formula is C21H26BrN7O4. The van der Waals surface area contributed by atoms with Crippen molar-refractivity contribution in [2.75, 3.05) is 12.4 Å². The van der Waals surface area contributed by atoms with Crippen molar-refractivity contribution in [2.24, 2.45) is 24.3 Å². The minimum Gasteiger partial charge on any atom is -0.358 e. The SMILES string of the molecule is CNC(=O)c1nn(C)cc1NC(=O)CC12CC3CC(C1)CC(n1cc(Br)c([N+](=O)[O-])n1)(C3)C2. The second-order valence-electron chi connectivity index (χ2n) is 10.1. The first-order valence-electron chi connectivity index (χ1n) is 11.1. The van der Waals surface area contributed by atoms with E-state index in [4.69, 9.17) is 0 Å². The van der Waals surface area contributed by atoms with E-state index in [9.17, 15) is 19.7 Å². The van der Waals surface area contributed by atoms with Gasteiger partial charge < -0.3 is 20.7 Å². The number of carbonyl (C=O) groups excluding carboxylic acids is 2. The van der Waals surface area contributed by atoms with E-state index in [0.717, 1.165) is 38.5 Å². The summed E-state index contributed by atoms with van der Waals surface area (Å²) in [6.45, 7) is 0. The van der Waals surface area contributed by atoms with Crippen molar-refractivity contribution < 1.29 is 14.5 Å². The second kappa shape index (κ2) is 7.64. The van der Waals surface area contributed by atoms with Gasteiger partial charge in [-0.25, -0.2) is 0 Å². The van der Waals surface area contributed by atoms with Gasteiger partial charge in [0.15, 0.2) is 5.69 Å². The molecule has 2 aromatic rings. The van der Waals surface area contributed by atoms with Crippen molar-refractivity contribution >= 4 is 39.2 Å². The molecule has 11 nitrogen and oxygen atoms in total. The number of anilines is 1. The van der Waals surface area contributed by atoms with Crippen molar-refractivity contribution in [3.05, 3.63) is 32.7 Å². The van der Waals surface area contributed by atoms with Crippen LogP contribution < -0.4 is 10.6 Å². The smallest absolute Gasteiger partial charge is 0.358 e. The molecule has 4 saturated carbocycles. The molecule has 4 fully saturated rings. The first-order chi connectivity index (χ1) is 15.6. The van der Waals surface area contributed by atoms with Gasteiger partial charge in [-0.3, -0.25) is 14.3 Å². The molecule has 33 heavy (non-hydrogen) atoms. The number of rotatable bonds is 6. The average molecular weight is 520 g/mol. The summed E-state index contributed by atoms with van der Waals surface area (Å²) < 4.78 is 3.68. The van der Waals surface area contributed by atoms with E-state index in [-0.39, 0.29) is 34.3 Å². The lowest BCUT2D eigenvalue weighted by Crippen LogP contribution is -2.57. The summed E-state index contributed by atoms with van der Waals surface area (Å²) in [5, 5.41) is 25.3. The molecule has 2 amide bonds. The van der Waals surface area contributed by atoms with Crippen LogP contribution in [0.15, 0.2) is 16.9 Å². The topological polar surface area (TPSA) is 137 Å². The molecule has 12 heteroatoms. The molecule has 0 spiro atoms. The fraction of sp³-hybridized carbons (Fsp3) is 0.619. The minimum atomic E-state index is -0.470. The third kappa shape index (κ3) is 3.73. The highest BCUT2D eigenvalue weighted by atomic mass is 79.9. The summed E-state index contributed by atoms with van der Waals surface area (Å²) in [7, 11) is 3.22. The van der Waals surface area contributed by atoms with E-state index in [1.54, 1.807) is 24.1 Å². The molecule has 4 bridgehead atoms. The van der Waals surface area contributed by atoms with Gasteiger partial charge in [0.05, 0.1) is 22.5 Å². The van der Waals surface area contributed by atoms with Crippen molar-refractivity contribution in [3.8, 4) is 0 Å². The Morgan fingerprint density at radius 3 is 2.55 bits per heavy atom. The molecule has 4 aliphatic rings. The monoisotopic (exact) mass is 519 g/mol. The van der Waals surface area contributed by atoms with E-state index in [1.165, 1.54) is 11.7 Å². The Balaban J connectivity index is 1.39. The number of aryl methyl sites for hydroxylation is 1. The summed E-state index contributed by atoms with van der Waals surface area (Å²) in [6, 6.07) is 0. The van der Waals surface area contributed by atoms with Gasteiger partial charge in [0.2, 0.25) is 5.91 Å². The second-order valence-corrected chi connectivity index (χ2v) is 10.9. The van der Waals surface area contributed by atoms with Gasteiger partial charge in [-0.2, -0.15) is 9.78 Å². The van der Waals surface area contributed by atoms with Crippen LogP contribution in [-0.2, 0) is 17.4 Å². The van der Waals surface area contributed by atoms with Crippen LogP contribution in [0.5, 0.6) is 0 Å². The number of hydrogen-bond acceptors (Lipinski definition) is 6. The zero-order valence-electron chi connectivity index (χ0n) is 18.5. The van der Waals surface area contributed by atoms with E-state index >= 15 is 0 Å². The van der Waals surface area contributed by atoms with Crippen LogP contribution in [0.2, 0.25) is 0 Å². The van der Waals surface area contributed by atoms with Crippen LogP contribution in [0.1, 0.15) is 55.4 Å². The van der Waals surface area contributed by atoms with Crippen molar-refractivity contribution in [3.63, 3.8) is 0 Å². The van der Waals surface area contributed by atoms with E-state index in [2.05, 4.69) is 36.8 Å². The lowest BCUT2D eigenvalue weighted by molar-refractivity contribution is -0.390. The van der Waals surface area contributed by atoms with E-state index in [0.29, 0.717) is 28.4 Å². The maximum Gasteiger partial charge on any atom is 0.404 e. The molecule has 2 atom stereocenters. The molecule has 2 unspecified atom stereocenters. The molecule has 0 aromatic carbocycles. The van der Waals surface area contributed by atoms with E-state index in [1.807, 2.05) is 0 Å². The number of aromatic nitrogens is 4. The Labute approximate surface area is 198 Å². The summed E-state index contributed by atoms with van der Waals surface area (Å²) in [6.07, 6.45) is 9.41. The standard InChI is InChI=1S/C21H26BrN7O4/c1-23-19(31)17-15(10-27(2)25-17)24-16(30)8-20-4-12-3-13(5-20)7-21(6-12,11-20)28-9-14(22)18(26-28)29(32)33/h9-10,12-13H,3-8,11H2,1-2H3,(H,23,31)(H,24,30). The molecule has 2 N–H and O–H groups in total. The number of amides is 2. The van der Waals surface area contributed by atoms with Crippen LogP contribution in [0.3, 0.4) is 0 Å². The van der Waals surface area contributed by atoms with Crippen LogP contribution in [0.4, 0.5) is 11.5 Å². The molecule has 4 aliphatic carbocycles. The summed E-state index contributed by atoms with van der Waals surface area (Å²) in [4.78, 5) is 36.2. The number of nitrogens with one attached hydrogen (secondary N) is 2. The lowest BCUT2D eigenvalue weighted by Gasteiger charge is -2.61. The fourth-order valence-electron chi connectivity index (χ4n) is 6.99. The first-order valence-corrected chi connectivity index (χ1v) is 11.9. The van der Waals surface area contributed by atoms with Gasteiger partial charge in [0, 0.05) is 26.7 Å². The van der Waals surface area contributed by atoms with Crippen molar-refractivity contribution in [2.45, 2.75) is 50.5 Å². The molecule has 2 heterocycles. The van der Waals surface area contributed by atoms with E-state index < -0.39 is 4.92 Å². The fourth-order valence-corrected chi connectivity index (χ4v) is 7.41. The maximum atomic E-state index is 13.2. The Morgan fingerprint density at radius 1 is 1.24 bits per heavy atom. The van der Waals surface area contributed by atoms with Gasteiger partial charge in [-0.1, -0.05) is 0 Å².